The van der Waals surface area contributed by atoms with Gasteiger partial charge in [-0.3, -0.25) is 4.52 Å². The predicted octanol–water partition coefficient (Wildman–Crippen LogP) is 2.32. The summed E-state index contributed by atoms with van der Waals surface area (Å²) in [7, 11) is 0. The van der Waals surface area contributed by atoms with Crippen molar-refractivity contribution in [1.82, 2.24) is 20.3 Å². The molecule has 0 atom stereocenters. The highest BCUT2D eigenvalue weighted by Gasteiger charge is 2.11. The third-order valence-corrected chi connectivity index (χ3v) is 2.57. The van der Waals surface area contributed by atoms with Gasteiger partial charge in [-0.1, -0.05) is 34.1 Å². The van der Waals surface area contributed by atoms with E-state index in [4.69, 9.17) is 13.8 Å². The third-order valence-electron chi connectivity index (χ3n) is 2.57. The van der Waals surface area contributed by atoms with Crippen LogP contribution in [0.3, 0.4) is 0 Å². The van der Waals surface area contributed by atoms with Crippen molar-refractivity contribution in [3.63, 3.8) is 0 Å². The Bertz CT molecular complexity index is 720. The van der Waals surface area contributed by atoms with E-state index in [1.807, 2.05) is 31.2 Å². The predicted molar refractivity (Wildman–Crippen MR) is 67.8 cm³/mol. The first-order valence-electron chi connectivity index (χ1n) is 6.03. The lowest BCUT2D eigenvalue weighted by molar-refractivity contribution is 0.169. The van der Waals surface area contributed by atoms with E-state index in [1.165, 1.54) is 0 Å². The monoisotopic (exact) mass is 272 g/mol. The molecule has 0 saturated carbocycles. The molecule has 0 unspecified atom stereocenters. The molecule has 0 saturated heterocycles. The van der Waals surface area contributed by atoms with E-state index in [1.54, 1.807) is 6.92 Å². The molecule has 0 aliphatic rings. The molecule has 7 heteroatoms. The molecule has 3 aromatic rings. The van der Waals surface area contributed by atoms with Crippen LogP contribution in [0, 0.1) is 13.8 Å². The Morgan fingerprint density at radius 2 is 2.00 bits per heavy atom. The highest BCUT2D eigenvalue weighted by molar-refractivity contribution is 5.55. The van der Waals surface area contributed by atoms with Gasteiger partial charge in [-0.15, -0.1) is 0 Å². The zero-order valence-electron chi connectivity index (χ0n) is 11.0. The smallest absolute Gasteiger partial charge is 0.417 e. The minimum Gasteiger partial charge on any atom is -0.439 e. The highest BCUT2D eigenvalue weighted by Crippen LogP contribution is 2.17. The molecule has 2 aromatic heterocycles. The molecule has 2 heterocycles. The minimum absolute atomic E-state index is 0.0813. The van der Waals surface area contributed by atoms with Gasteiger partial charge in [0, 0.05) is 5.56 Å². The maximum atomic E-state index is 5.25. The van der Waals surface area contributed by atoms with Crippen molar-refractivity contribution in [3.05, 3.63) is 41.5 Å². The first-order chi connectivity index (χ1) is 9.70. The number of hydrogen-bond donors (Lipinski definition) is 0. The van der Waals surface area contributed by atoms with Crippen molar-refractivity contribution in [3.8, 4) is 17.5 Å². The lowest BCUT2D eigenvalue weighted by Crippen LogP contribution is -1.96. The first kappa shape index (κ1) is 12.3. The van der Waals surface area contributed by atoms with E-state index in [0.717, 1.165) is 11.1 Å². The summed E-state index contributed by atoms with van der Waals surface area (Å²) in [6, 6.07) is 7.85. The average molecular weight is 272 g/mol. The molecule has 0 fully saturated rings. The zero-order valence-corrected chi connectivity index (χ0v) is 11.0. The van der Waals surface area contributed by atoms with Gasteiger partial charge in [0.05, 0.1) is 0 Å². The summed E-state index contributed by atoms with van der Waals surface area (Å²) in [6.07, 6.45) is 0.0813. The second-order valence-electron chi connectivity index (χ2n) is 4.28. The van der Waals surface area contributed by atoms with E-state index in [0.29, 0.717) is 17.5 Å². The van der Waals surface area contributed by atoms with Crippen molar-refractivity contribution in [2.24, 2.45) is 0 Å². The molecule has 0 amide bonds. The fraction of sp³-hybridized carbons (Fsp3) is 0.231. The summed E-state index contributed by atoms with van der Waals surface area (Å²) in [5, 5.41) is 7.53. The SMILES string of the molecule is Cc1cccc(-c2noc(COc3nc(C)no3)n2)c1. The Balaban J connectivity index is 1.70. The summed E-state index contributed by atoms with van der Waals surface area (Å²) in [4.78, 5) is 8.16. The normalized spacial score (nSPS) is 10.7. The van der Waals surface area contributed by atoms with Crippen molar-refractivity contribution >= 4 is 0 Å². The number of aromatic nitrogens is 4. The number of hydrogen-bond acceptors (Lipinski definition) is 7. The number of benzene rings is 1. The largest absolute Gasteiger partial charge is 0.439 e. The third kappa shape index (κ3) is 2.66. The van der Waals surface area contributed by atoms with Crippen LogP contribution in [0.15, 0.2) is 33.3 Å². The second-order valence-corrected chi connectivity index (χ2v) is 4.28. The summed E-state index contributed by atoms with van der Waals surface area (Å²) in [6.45, 7) is 3.80. The van der Waals surface area contributed by atoms with Crippen molar-refractivity contribution in [2.75, 3.05) is 0 Å². The van der Waals surface area contributed by atoms with Gasteiger partial charge < -0.3 is 9.26 Å². The van der Waals surface area contributed by atoms with Crippen LogP contribution in [-0.4, -0.2) is 20.3 Å². The standard InChI is InChI=1S/C13H12N4O3/c1-8-4-3-5-10(6-8)12-15-11(19-17-12)7-18-13-14-9(2)16-20-13/h3-6H,7H2,1-2H3. The van der Waals surface area contributed by atoms with Gasteiger partial charge in [0.1, 0.15) is 0 Å². The van der Waals surface area contributed by atoms with Gasteiger partial charge in [-0.2, -0.15) is 9.97 Å². The van der Waals surface area contributed by atoms with Gasteiger partial charge in [0.25, 0.3) is 5.89 Å². The van der Waals surface area contributed by atoms with Crippen LogP contribution in [-0.2, 0) is 6.61 Å². The lowest BCUT2D eigenvalue weighted by Gasteiger charge is -1.95. The quantitative estimate of drug-likeness (QED) is 0.720. The first-order valence-corrected chi connectivity index (χ1v) is 6.03. The topological polar surface area (TPSA) is 87.1 Å². The molecule has 20 heavy (non-hydrogen) atoms. The van der Waals surface area contributed by atoms with E-state index < -0.39 is 0 Å². The summed E-state index contributed by atoms with van der Waals surface area (Å²) >= 11 is 0. The fourth-order valence-electron chi connectivity index (χ4n) is 1.68. The maximum absolute atomic E-state index is 5.25. The van der Waals surface area contributed by atoms with Gasteiger partial charge in [-0.25, -0.2) is 0 Å². The second kappa shape index (κ2) is 5.12. The Morgan fingerprint density at radius 3 is 2.75 bits per heavy atom. The van der Waals surface area contributed by atoms with E-state index in [2.05, 4.69) is 20.3 Å². The molecule has 0 aliphatic carbocycles. The van der Waals surface area contributed by atoms with Gasteiger partial charge in [0.15, 0.2) is 12.4 Å². The maximum Gasteiger partial charge on any atom is 0.417 e. The molecular weight excluding hydrogens is 260 g/mol. The fourth-order valence-corrected chi connectivity index (χ4v) is 1.68. The van der Waals surface area contributed by atoms with Crippen molar-refractivity contribution in [1.29, 1.82) is 0 Å². The van der Waals surface area contributed by atoms with Crippen LogP contribution in [0.4, 0.5) is 0 Å². The van der Waals surface area contributed by atoms with Crippen molar-refractivity contribution < 1.29 is 13.8 Å². The van der Waals surface area contributed by atoms with Crippen LogP contribution in [0.1, 0.15) is 17.3 Å². The van der Waals surface area contributed by atoms with Crippen molar-refractivity contribution in [2.45, 2.75) is 20.5 Å². The van der Waals surface area contributed by atoms with Gasteiger partial charge >= 0.3 is 6.08 Å². The molecule has 102 valence electrons. The molecule has 0 aliphatic heterocycles. The summed E-state index contributed by atoms with van der Waals surface area (Å²) in [5.74, 6) is 1.37. The van der Waals surface area contributed by atoms with Crippen LogP contribution in [0.5, 0.6) is 6.08 Å². The molecule has 7 nitrogen and oxygen atoms in total. The molecule has 0 radical (unpaired) electrons. The Morgan fingerprint density at radius 1 is 1.10 bits per heavy atom. The number of rotatable bonds is 4. The van der Waals surface area contributed by atoms with Crippen LogP contribution < -0.4 is 4.74 Å². The Hall–Kier alpha value is -2.70. The molecule has 0 bridgehead atoms. The molecule has 3 rings (SSSR count). The van der Waals surface area contributed by atoms with Gasteiger partial charge in [-0.05, 0) is 19.9 Å². The summed E-state index contributed by atoms with van der Waals surface area (Å²) in [5.41, 5.74) is 2.03. The Kier molecular flexibility index (Phi) is 3.16. The Labute approximate surface area is 114 Å². The average Bonchev–Trinajstić information content (AvgIpc) is 3.05. The lowest BCUT2D eigenvalue weighted by atomic mass is 10.1. The van der Waals surface area contributed by atoms with E-state index >= 15 is 0 Å². The zero-order chi connectivity index (χ0) is 13.9. The molecule has 1 aromatic carbocycles. The molecule has 0 spiro atoms. The number of aryl methyl sites for hydroxylation is 2. The van der Waals surface area contributed by atoms with E-state index in [9.17, 15) is 0 Å². The number of nitrogens with zero attached hydrogens (tertiary/aromatic N) is 4. The van der Waals surface area contributed by atoms with Crippen LogP contribution >= 0.6 is 0 Å². The van der Waals surface area contributed by atoms with Crippen LogP contribution in [0.25, 0.3) is 11.4 Å². The van der Waals surface area contributed by atoms with Gasteiger partial charge in [0.2, 0.25) is 5.82 Å². The number of ether oxygens (including phenoxy) is 1. The molecular formula is C13H12N4O3. The van der Waals surface area contributed by atoms with Crippen LogP contribution in [0.2, 0.25) is 0 Å². The van der Waals surface area contributed by atoms with E-state index in [-0.39, 0.29) is 12.7 Å². The summed E-state index contributed by atoms with van der Waals surface area (Å²) < 4.78 is 15.2. The highest BCUT2D eigenvalue weighted by atomic mass is 16.6. The molecule has 0 N–H and O–H groups in total. The minimum atomic E-state index is 0.0813.